The molecule has 3 nitrogen and oxygen atoms in total. The number of rotatable bonds is 4. The zero-order chi connectivity index (χ0) is 12.1. The fourth-order valence-corrected chi connectivity index (χ4v) is 1.57. The number of pyridine rings is 1. The number of ether oxygens (including phenoxy) is 1. The number of aryl methyl sites for hydroxylation is 1. The highest BCUT2D eigenvalue weighted by atomic mass is 16.5. The smallest absolute Gasteiger partial charge is 0.213 e. The van der Waals surface area contributed by atoms with Crippen LogP contribution in [0.4, 0.5) is 5.69 Å². The highest BCUT2D eigenvalue weighted by Gasteiger charge is 1.99. The van der Waals surface area contributed by atoms with E-state index in [0.29, 0.717) is 12.5 Å². The Morgan fingerprint density at radius 1 is 1.18 bits per heavy atom. The minimum atomic E-state index is 0.588. The van der Waals surface area contributed by atoms with Crippen LogP contribution in [0.5, 0.6) is 5.88 Å². The van der Waals surface area contributed by atoms with E-state index in [0.717, 1.165) is 23.2 Å². The van der Waals surface area contributed by atoms with Crippen LogP contribution in [0, 0.1) is 6.92 Å². The maximum atomic E-state index is 5.85. The van der Waals surface area contributed by atoms with Gasteiger partial charge in [-0.05, 0) is 24.1 Å². The van der Waals surface area contributed by atoms with Crippen LogP contribution in [0.3, 0.4) is 0 Å². The van der Waals surface area contributed by atoms with Crippen LogP contribution in [-0.2, 0) is 6.42 Å². The van der Waals surface area contributed by atoms with E-state index in [1.54, 1.807) is 6.20 Å². The molecule has 0 unspecified atom stereocenters. The summed E-state index contributed by atoms with van der Waals surface area (Å²) in [6, 6.07) is 11.7. The molecule has 0 bridgehead atoms. The molecule has 1 aromatic carbocycles. The van der Waals surface area contributed by atoms with Crippen LogP contribution in [0.2, 0.25) is 0 Å². The number of hydrogen-bond donors (Lipinski definition) is 1. The van der Waals surface area contributed by atoms with Crippen LogP contribution in [0.15, 0.2) is 42.6 Å². The minimum Gasteiger partial charge on any atom is -0.477 e. The summed E-state index contributed by atoms with van der Waals surface area (Å²) in [5.74, 6) is 0.658. The van der Waals surface area contributed by atoms with Gasteiger partial charge in [-0.1, -0.05) is 24.3 Å². The average molecular weight is 228 g/mol. The lowest BCUT2D eigenvalue weighted by atomic mass is 10.1. The van der Waals surface area contributed by atoms with Crippen molar-refractivity contribution in [3.63, 3.8) is 0 Å². The van der Waals surface area contributed by atoms with E-state index in [-0.39, 0.29) is 0 Å². The first-order valence-electron chi connectivity index (χ1n) is 5.64. The van der Waals surface area contributed by atoms with Crippen molar-refractivity contribution < 1.29 is 4.74 Å². The predicted octanol–water partition coefficient (Wildman–Crippen LogP) is 2.59. The van der Waals surface area contributed by atoms with E-state index in [1.165, 1.54) is 0 Å². The average Bonchev–Trinajstić information content (AvgIpc) is 2.34. The number of hydrogen-bond acceptors (Lipinski definition) is 3. The Bertz CT molecular complexity index is 480. The van der Waals surface area contributed by atoms with Gasteiger partial charge >= 0.3 is 0 Å². The van der Waals surface area contributed by atoms with Crippen LogP contribution in [0.1, 0.15) is 11.1 Å². The summed E-state index contributed by atoms with van der Waals surface area (Å²) in [7, 11) is 0. The molecule has 1 aromatic heterocycles. The van der Waals surface area contributed by atoms with Crippen LogP contribution in [0.25, 0.3) is 0 Å². The quantitative estimate of drug-likeness (QED) is 0.818. The van der Waals surface area contributed by atoms with Gasteiger partial charge < -0.3 is 10.5 Å². The van der Waals surface area contributed by atoms with Gasteiger partial charge in [0.15, 0.2) is 0 Å². The Hall–Kier alpha value is -2.03. The SMILES string of the molecule is Cc1ccc(OCCc2ccccc2N)nc1. The summed E-state index contributed by atoms with van der Waals surface area (Å²) in [6.07, 6.45) is 2.59. The van der Waals surface area contributed by atoms with Crippen LogP contribution >= 0.6 is 0 Å². The summed E-state index contributed by atoms with van der Waals surface area (Å²) in [4.78, 5) is 4.18. The van der Waals surface area contributed by atoms with Crippen molar-refractivity contribution in [2.75, 3.05) is 12.3 Å². The number of benzene rings is 1. The lowest BCUT2D eigenvalue weighted by Crippen LogP contribution is -2.04. The Morgan fingerprint density at radius 2 is 2.00 bits per heavy atom. The fraction of sp³-hybridized carbons (Fsp3) is 0.214. The standard InChI is InChI=1S/C14H16N2O/c1-11-6-7-14(16-10-11)17-9-8-12-4-2-3-5-13(12)15/h2-7,10H,8-9,15H2,1H3. The van der Waals surface area contributed by atoms with Crippen molar-refractivity contribution in [2.45, 2.75) is 13.3 Å². The third kappa shape index (κ3) is 3.21. The van der Waals surface area contributed by atoms with Crippen LogP contribution in [-0.4, -0.2) is 11.6 Å². The van der Waals surface area contributed by atoms with Gasteiger partial charge in [0, 0.05) is 24.4 Å². The van der Waals surface area contributed by atoms with E-state index in [9.17, 15) is 0 Å². The third-order valence-corrected chi connectivity index (χ3v) is 2.56. The molecule has 0 amide bonds. The number of aromatic nitrogens is 1. The molecule has 17 heavy (non-hydrogen) atoms. The molecule has 0 aliphatic rings. The molecule has 1 heterocycles. The second kappa shape index (κ2) is 5.34. The van der Waals surface area contributed by atoms with Crippen molar-refractivity contribution in [1.29, 1.82) is 0 Å². The molecular weight excluding hydrogens is 212 g/mol. The first-order valence-corrected chi connectivity index (χ1v) is 5.64. The summed E-state index contributed by atoms with van der Waals surface area (Å²) in [5.41, 5.74) is 8.90. The molecule has 0 radical (unpaired) electrons. The third-order valence-electron chi connectivity index (χ3n) is 2.56. The van der Waals surface area contributed by atoms with Crippen molar-refractivity contribution in [3.8, 4) is 5.88 Å². The van der Waals surface area contributed by atoms with Gasteiger partial charge in [0.05, 0.1) is 6.61 Å². The molecule has 3 heteroatoms. The highest BCUT2D eigenvalue weighted by molar-refractivity contribution is 5.46. The largest absolute Gasteiger partial charge is 0.477 e. The maximum Gasteiger partial charge on any atom is 0.213 e. The fourth-order valence-electron chi connectivity index (χ4n) is 1.57. The molecule has 0 spiro atoms. The zero-order valence-electron chi connectivity index (χ0n) is 9.89. The first-order chi connectivity index (χ1) is 8.25. The number of para-hydroxylation sites is 1. The van der Waals surface area contributed by atoms with Gasteiger partial charge in [-0.3, -0.25) is 0 Å². The van der Waals surface area contributed by atoms with Gasteiger partial charge in [-0.25, -0.2) is 4.98 Å². The first kappa shape index (κ1) is 11.5. The summed E-state index contributed by atoms with van der Waals surface area (Å²) < 4.78 is 5.55. The second-order valence-electron chi connectivity index (χ2n) is 3.97. The minimum absolute atomic E-state index is 0.588. The predicted molar refractivity (Wildman–Crippen MR) is 69.0 cm³/mol. The molecule has 2 rings (SSSR count). The van der Waals surface area contributed by atoms with Crippen molar-refractivity contribution in [1.82, 2.24) is 4.98 Å². The number of anilines is 1. The Kier molecular flexibility index (Phi) is 3.60. The number of nitrogens with two attached hydrogens (primary N) is 1. The summed E-state index contributed by atoms with van der Waals surface area (Å²) in [6.45, 7) is 2.59. The van der Waals surface area contributed by atoms with Crippen molar-refractivity contribution in [3.05, 3.63) is 53.7 Å². The molecule has 2 N–H and O–H groups in total. The molecule has 88 valence electrons. The number of nitrogens with zero attached hydrogens (tertiary/aromatic N) is 1. The Balaban J connectivity index is 1.88. The normalized spacial score (nSPS) is 10.2. The van der Waals surface area contributed by atoms with Crippen molar-refractivity contribution in [2.24, 2.45) is 0 Å². The monoisotopic (exact) mass is 228 g/mol. The zero-order valence-corrected chi connectivity index (χ0v) is 9.89. The van der Waals surface area contributed by atoms with E-state index < -0.39 is 0 Å². The molecular formula is C14H16N2O. The topological polar surface area (TPSA) is 48.1 Å². The van der Waals surface area contributed by atoms with Crippen molar-refractivity contribution >= 4 is 5.69 Å². The number of nitrogen functional groups attached to an aromatic ring is 1. The molecule has 2 aromatic rings. The van der Waals surface area contributed by atoms with Gasteiger partial charge in [0.1, 0.15) is 0 Å². The Labute approximate surface area is 101 Å². The lowest BCUT2D eigenvalue weighted by Gasteiger charge is -2.07. The van der Waals surface area contributed by atoms with Crippen LogP contribution < -0.4 is 10.5 Å². The van der Waals surface area contributed by atoms with E-state index >= 15 is 0 Å². The molecule has 0 saturated heterocycles. The molecule has 0 saturated carbocycles. The summed E-state index contributed by atoms with van der Waals surface area (Å²) >= 11 is 0. The Morgan fingerprint density at radius 3 is 2.71 bits per heavy atom. The van der Waals surface area contributed by atoms with Gasteiger partial charge in [0.25, 0.3) is 0 Å². The van der Waals surface area contributed by atoms with E-state index in [1.807, 2.05) is 43.3 Å². The van der Waals surface area contributed by atoms with E-state index in [4.69, 9.17) is 10.5 Å². The van der Waals surface area contributed by atoms with E-state index in [2.05, 4.69) is 4.98 Å². The molecule has 0 atom stereocenters. The molecule has 0 aliphatic carbocycles. The second-order valence-corrected chi connectivity index (χ2v) is 3.97. The maximum absolute atomic E-state index is 5.85. The van der Waals surface area contributed by atoms with Gasteiger partial charge in [-0.15, -0.1) is 0 Å². The van der Waals surface area contributed by atoms with Gasteiger partial charge in [-0.2, -0.15) is 0 Å². The highest BCUT2D eigenvalue weighted by Crippen LogP contribution is 2.12. The lowest BCUT2D eigenvalue weighted by molar-refractivity contribution is 0.309. The van der Waals surface area contributed by atoms with Gasteiger partial charge in [0.2, 0.25) is 5.88 Å². The molecule has 0 fully saturated rings. The molecule has 0 aliphatic heterocycles. The summed E-state index contributed by atoms with van der Waals surface area (Å²) in [5, 5.41) is 0.